The number of oxime groups is 1. The van der Waals surface area contributed by atoms with Crippen LogP contribution in [0.1, 0.15) is 29.9 Å². The van der Waals surface area contributed by atoms with Crippen LogP contribution in [0.2, 0.25) is 0 Å². The maximum absolute atomic E-state index is 12.8. The molecule has 2 rings (SSSR count). The lowest BCUT2D eigenvalue weighted by molar-refractivity contribution is -0.148. The zero-order chi connectivity index (χ0) is 18.8. The molecule has 6 nitrogen and oxygen atoms in total. The van der Waals surface area contributed by atoms with Crippen molar-refractivity contribution in [1.29, 1.82) is 0 Å². The number of carbonyl (C=O) groups is 1. The SMILES string of the molecule is Cc1cc(C(F)(F)F)nn1C(C)C(=O)O/N=C(\N)c1ccc(F)cc1. The Balaban J connectivity index is 2.11. The summed E-state index contributed by atoms with van der Waals surface area (Å²) in [6, 6.07) is 4.62. The van der Waals surface area contributed by atoms with Gasteiger partial charge in [0.15, 0.2) is 11.5 Å². The van der Waals surface area contributed by atoms with E-state index in [1.165, 1.54) is 26.0 Å². The maximum Gasteiger partial charge on any atom is 0.435 e. The summed E-state index contributed by atoms with van der Waals surface area (Å²) in [6.07, 6.45) is -4.62. The van der Waals surface area contributed by atoms with Crippen LogP contribution in [0.15, 0.2) is 35.5 Å². The lowest BCUT2D eigenvalue weighted by Crippen LogP contribution is -2.22. The summed E-state index contributed by atoms with van der Waals surface area (Å²) >= 11 is 0. The summed E-state index contributed by atoms with van der Waals surface area (Å²) in [5.74, 6) is -1.62. The first kappa shape index (κ1) is 18.4. The van der Waals surface area contributed by atoms with E-state index in [0.29, 0.717) is 5.56 Å². The summed E-state index contributed by atoms with van der Waals surface area (Å²) in [4.78, 5) is 16.6. The van der Waals surface area contributed by atoms with Gasteiger partial charge in [-0.15, -0.1) is 0 Å². The highest BCUT2D eigenvalue weighted by atomic mass is 19.4. The average molecular weight is 358 g/mol. The number of nitrogens with two attached hydrogens (primary N) is 1. The molecule has 0 radical (unpaired) electrons. The number of rotatable bonds is 4. The van der Waals surface area contributed by atoms with Crippen molar-refractivity contribution in [2.45, 2.75) is 26.1 Å². The number of hydrogen-bond acceptors (Lipinski definition) is 4. The van der Waals surface area contributed by atoms with Crippen LogP contribution in [0, 0.1) is 12.7 Å². The summed E-state index contributed by atoms with van der Waals surface area (Å²) < 4.78 is 51.7. The molecule has 0 bridgehead atoms. The van der Waals surface area contributed by atoms with Crippen LogP contribution in [-0.4, -0.2) is 21.6 Å². The van der Waals surface area contributed by atoms with Crippen molar-refractivity contribution in [3.63, 3.8) is 0 Å². The molecule has 0 aliphatic heterocycles. The zero-order valence-electron chi connectivity index (χ0n) is 13.2. The quantitative estimate of drug-likeness (QED) is 0.300. The molecule has 1 unspecified atom stereocenters. The van der Waals surface area contributed by atoms with Gasteiger partial charge in [0, 0.05) is 11.3 Å². The smallest absolute Gasteiger partial charge is 0.380 e. The van der Waals surface area contributed by atoms with Crippen LogP contribution in [0.5, 0.6) is 0 Å². The van der Waals surface area contributed by atoms with E-state index in [2.05, 4.69) is 15.1 Å². The molecule has 25 heavy (non-hydrogen) atoms. The van der Waals surface area contributed by atoms with Gasteiger partial charge in [-0.1, -0.05) is 5.16 Å². The van der Waals surface area contributed by atoms with Crippen LogP contribution in [0.25, 0.3) is 0 Å². The molecule has 0 aliphatic carbocycles. The Kier molecular flexibility index (Phi) is 5.10. The van der Waals surface area contributed by atoms with Crippen molar-refractivity contribution in [2.75, 3.05) is 0 Å². The Hall–Kier alpha value is -2.91. The molecular weight excluding hydrogens is 344 g/mol. The van der Waals surface area contributed by atoms with Gasteiger partial charge in [-0.3, -0.25) is 4.68 Å². The van der Waals surface area contributed by atoms with Crippen molar-refractivity contribution < 1.29 is 27.2 Å². The van der Waals surface area contributed by atoms with Crippen LogP contribution in [0.4, 0.5) is 17.6 Å². The second kappa shape index (κ2) is 6.91. The molecule has 1 aromatic heterocycles. The fourth-order valence-electron chi connectivity index (χ4n) is 1.96. The number of nitrogens with zero attached hydrogens (tertiary/aromatic N) is 3. The molecule has 0 spiro atoms. The fourth-order valence-corrected chi connectivity index (χ4v) is 1.96. The van der Waals surface area contributed by atoms with Crippen molar-refractivity contribution in [3.05, 3.63) is 53.1 Å². The predicted octanol–water partition coefficient (Wildman–Crippen LogP) is 2.77. The first-order valence-corrected chi connectivity index (χ1v) is 7.03. The van der Waals surface area contributed by atoms with Crippen LogP contribution >= 0.6 is 0 Å². The molecule has 2 aromatic rings. The molecule has 0 saturated heterocycles. The molecule has 0 amide bonds. The number of alkyl halides is 3. The number of benzene rings is 1. The molecule has 0 fully saturated rings. The third-order valence-electron chi connectivity index (χ3n) is 3.29. The number of hydrogen-bond donors (Lipinski definition) is 1. The highest BCUT2D eigenvalue weighted by molar-refractivity contribution is 5.97. The van der Waals surface area contributed by atoms with E-state index in [-0.39, 0.29) is 11.5 Å². The largest absolute Gasteiger partial charge is 0.435 e. The van der Waals surface area contributed by atoms with Crippen molar-refractivity contribution in [3.8, 4) is 0 Å². The van der Waals surface area contributed by atoms with Crippen molar-refractivity contribution in [2.24, 2.45) is 10.9 Å². The minimum atomic E-state index is -4.62. The number of aromatic nitrogens is 2. The summed E-state index contributed by atoms with van der Waals surface area (Å²) in [5, 5.41) is 6.78. The average Bonchev–Trinajstić information content (AvgIpc) is 2.94. The fraction of sp³-hybridized carbons (Fsp3) is 0.267. The van der Waals surface area contributed by atoms with E-state index in [9.17, 15) is 22.4 Å². The Bertz CT molecular complexity index is 797. The molecular formula is C15H14F4N4O2. The zero-order valence-corrected chi connectivity index (χ0v) is 13.2. The first-order valence-electron chi connectivity index (χ1n) is 7.03. The third kappa shape index (κ3) is 4.34. The molecule has 10 heteroatoms. The lowest BCUT2D eigenvalue weighted by Gasteiger charge is -2.11. The van der Waals surface area contributed by atoms with Gasteiger partial charge in [0.25, 0.3) is 0 Å². The molecule has 0 aliphatic rings. The molecule has 134 valence electrons. The number of carbonyl (C=O) groups excluding carboxylic acids is 1. The maximum atomic E-state index is 12.8. The van der Waals surface area contributed by atoms with E-state index in [0.717, 1.165) is 22.9 Å². The minimum absolute atomic E-state index is 0.132. The van der Waals surface area contributed by atoms with E-state index in [1.807, 2.05) is 0 Å². The standard InChI is InChI=1S/C15H14F4N4O2/c1-8-7-12(15(17,18)19)21-23(8)9(2)14(24)25-22-13(20)10-3-5-11(16)6-4-10/h3-7,9H,1-2H3,(H2,20,22). The Morgan fingerprint density at radius 1 is 1.32 bits per heavy atom. The molecule has 1 atom stereocenters. The van der Waals surface area contributed by atoms with Crippen molar-refractivity contribution in [1.82, 2.24) is 9.78 Å². The van der Waals surface area contributed by atoms with Crippen molar-refractivity contribution >= 4 is 11.8 Å². The third-order valence-corrected chi connectivity index (χ3v) is 3.29. The van der Waals surface area contributed by atoms with Crippen LogP contribution in [0.3, 0.4) is 0 Å². The van der Waals surface area contributed by atoms with Gasteiger partial charge in [-0.05, 0) is 44.2 Å². The van der Waals surface area contributed by atoms with Gasteiger partial charge in [0.2, 0.25) is 0 Å². The normalized spacial score (nSPS) is 13.6. The van der Waals surface area contributed by atoms with Gasteiger partial charge in [-0.25, -0.2) is 9.18 Å². The summed E-state index contributed by atoms with van der Waals surface area (Å²) in [6.45, 7) is 2.69. The van der Waals surface area contributed by atoms with E-state index in [4.69, 9.17) is 5.73 Å². The number of aryl methyl sites for hydroxylation is 1. The Morgan fingerprint density at radius 2 is 1.92 bits per heavy atom. The van der Waals surface area contributed by atoms with Crippen LogP contribution < -0.4 is 5.73 Å². The lowest BCUT2D eigenvalue weighted by atomic mass is 10.2. The van der Waals surface area contributed by atoms with Gasteiger partial charge in [-0.2, -0.15) is 18.3 Å². The summed E-state index contributed by atoms with van der Waals surface area (Å²) in [7, 11) is 0. The van der Waals surface area contributed by atoms with Gasteiger partial charge < -0.3 is 10.6 Å². The van der Waals surface area contributed by atoms with E-state index in [1.54, 1.807) is 0 Å². The highest BCUT2D eigenvalue weighted by Crippen LogP contribution is 2.29. The highest BCUT2D eigenvalue weighted by Gasteiger charge is 2.35. The van der Waals surface area contributed by atoms with Gasteiger partial charge >= 0.3 is 12.1 Å². The second-order valence-electron chi connectivity index (χ2n) is 5.18. The molecule has 1 heterocycles. The van der Waals surface area contributed by atoms with E-state index < -0.39 is 29.7 Å². The topological polar surface area (TPSA) is 82.5 Å². The predicted molar refractivity (Wildman–Crippen MR) is 79.9 cm³/mol. The Morgan fingerprint density at radius 3 is 2.44 bits per heavy atom. The van der Waals surface area contributed by atoms with E-state index >= 15 is 0 Å². The minimum Gasteiger partial charge on any atom is -0.380 e. The number of halogens is 4. The van der Waals surface area contributed by atoms with Gasteiger partial charge in [0.05, 0.1) is 0 Å². The second-order valence-corrected chi connectivity index (χ2v) is 5.18. The van der Waals surface area contributed by atoms with Crippen LogP contribution in [-0.2, 0) is 15.8 Å². The number of amidine groups is 1. The molecule has 1 aromatic carbocycles. The van der Waals surface area contributed by atoms with Gasteiger partial charge in [0.1, 0.15) is 11.9 Å². The molecule has 2 N–H and O–H groups in total. The molecule has 0 saturated carbocycles. The first-order chi connectivity index (χ1) is 11.6. The summed E-state index contributed by atoms with van der Waals surface area (Å²) in [5.41, 5.74) is 4.94. The Labute approximate surface area is 139 Å². The monoisotopic (exact) mass is 358 g/mol.